The van der Waals surface area contributed by atoms with Gasteiger partial charge in [0.15, 0.2) is 0 Å². The molecule has 0 unspecified atom stereocenters. The summed E-state index contributed by atoms with van der Waals surface area (Å²) in [6.45, 7) is 4.62. The van der Waals surface area contributed by atoms with Crippen molar-refractivity contribution < 1.29 is 9.90 Å². The molecule has 1 aliphatic heterocycles. The lowest BCUT2D eigenvalue weighted by atomic mass is 9.82. The lowest BCUT2D eigenvalue weighted by Gasteiger charge is -2.49. The Hall–Kier alpha value is -1.13. The van der Waals surface area contributed by atoms with Gasteiger partial charge in [-0.25, -0.2) is 0 Å². The van der Waals surface area contributed by atoms with Gasteiger partial charge in [-0.2, -0.15) is 0 Å². The summed E-state index contributed by atoms with van der Waals surface area (Å²) in [7, 11) is 0. The van der Waals surface area contributed by atoms with Gasteiger partial charge >= 0.3 is 0 Å². The average molecular weight is 255 g/mol. The molecule has 0 bridgehead atoms. The minimum Gasteiger partial charge on any atom is -0.386 e. The van der Waals surface area contributed by atoms with E-state index in [-0.39, 0.29) is 11.8 Å². The summed E-state index contributed by atoms with van der Waals surface area (Å²) in [4.78, 5) is 17.5. The van der Waals surface area contributed by atoms with Crippen LogP contribution in [0.2, 0.25) is 5.02 Å². The summed E-state index contributed by atoms with van der Waals surface area (Å²) >= 11 is 5.91. The number of carbonyl (C=O) groups is 1. The Kier molecular flexibility index (Phi) is 3.10. The summed E-state index contributed by atoms with van der Waals surface area (Å²) in [6.07, 6.45) is 2.98. The molecule has 0 spiro atoms. The lowest BCUT2D eigenvalue weighted by molar-refractivity contribution is -0.110. The van der Waals surface area contributed by atoms with Gasteiger partial charge in [-0.05, 0) is 12.0 Å². The second-order valence-electron chi connectivity index (χ2n) is 4.78. The molecule has 4 nitrogen and oxygen atoms in total. The summed E-state index contributed by atoms with van der Waals surface area (Å²) in [5, 5.41) is 10.4. The molecule has 0 atom stereocenters. The number of rotatable bonds is 2. The van der Waals surface area contributed by atoms with Crippen LogP contribution in [0, 0.1) is 5.92 Å². The third kappa shape index (κ3) is 2.15. The van der Waals surface area contributed by atoms with E-state index < -0.39 is 5.60 Å². The molecule has 0 radical (unpaired) electrons. The van der Waals surface area contributed by atoms with Crippen molar-refractivity contribution in [3.05, 3.63) is 29.0 Å². The quantitative estimate of drug-likeness (QED) is 0.872. The number of pyridine rings is 1. The maximum absolute atomic E-state index is 12.1. The normalized spacial score (nSPS) is 18.1. The highest BCUT2D eigenvalue weighted by molar-refractivity contribution is 6.33. The van der Waals surface area contributed by atoms with Gasteiger partial charge < -0.3 is 10.0 Å². The fourth-order valence-electron chi connectivity index (χ4n) is 1.84. The van der Waals surface area contributed by atoms with Crippen LogP contribution in [0.5, 0.6) is 0 Å². The van der Waals surface area contributed by atoms with Crippen LogP contribution in [0.15, 0.2) is 18.5 Å². The van der Waals surface area contributed by atoms with E-state index in [1.54, 1.807) is 11.0 Å². The first kappa shape index (κ1) is 12.3. The van der Waals surface area contributed by atoms with Gasteiger partial charge in [0.25, 0.3) is 5.91 Å². The molecule has 1 aromatic rings. The average Bonchev–Trinajstić information content (AvgIpc) is 2.24. The first-order valence-corrected chi connectivity index (χ1v) is 5.93. The van der Waals surface area contributed by atoms with Crippen LogP contribution in [0.4, 0.5) is 0 Å². The molecule has 1 saturated heterocycles. The van der Waals surface area contributed by atoms with Gasteiger partial charge in [0.1, 0.15) is 5.60 Å². The van der Waals surface area contributed by atoms with Crippen molar-refractivity contribution in [2.75, 3.05) is 13.1 Å². The Balaban J connectivity index is 2.08. The fraction of sp³-hybridized carbons (Fsp3) is 0.500. The number of likely N-dealkylation sites (tertiary alicyclic amines) is 1. The van der Waals surface area contributed by atoms with E-state index in [0.29, 0.717) is 23.7 Å². The molecule has 2 rings (SSSR count). The van der Waals surface area contributed by atoms with E-state index in [1.165, 1.54) is 12.4 Å². The molecule has 1 aliphatic rings. The Bertz CT molecular complexity index is 442. The minimum atomic E-state index is -0.755. The van der Waals surface area contributed by atoms with E-state index in [1.807, 2.05) is 13.8 Å². The Morgan fingerprint density at radius 3 is 2.76 bits per heavy atom. The van der Waals surface area contributed by atoms with Gasteiger partial charge in [-0.15, -0.1) is 0 Å². The van der Waals surface area contributed by atoms with Crippen molar-refractivity contribution in [1.82, 2.24) is 9.88 Å². The second kappa shape index (κ2) is 4.27. The molecule has 1 N–H and O–H groups in total. The SMILES string of the molecule is CC(C)C1(O)CN(C(=O)c2ccncc2Cl)C1. The molecule has 5 heteroatoms. The monoisotopic (exact) mass is 254 g/mol. The topological polar surface area (TPSA) is 53.4 Å². The van der Waals surface area contributed by atoms with E-state index in [2.05, 4.69) is 4.98 Å². The summed E-state index contributed by atoms with van der Waals surface area (Å²) in [6, 6.07) is 1.59. The predicted molar refractivity (Wildman–Crippen MR) is 64.9 cm³/mol. The van der Waals surface area contributed by atoms with Gasteiger partial charge in [0.05, 0.1) is 23.7 Å². The van der Waals surface area contributed by atoms with Gasteiger partial charge in [0.2, 0.25) is 0 Å². The van der Waals surface area contributed by atoms with Gasteiger partial charge in [-0.3, -0.25) is 9.78 Å². The highest BCUT2D eigenvalue weighted by Crippen LogP contribution is 2.30. The van der Waals surface area contributed by atoms with Crippen LogP contribution >= 0.6 is 11.6 Å². The van der Waals surface area contributed by atoms with Crippen molar-refractivity contribution in [3.8, 4) is 0 Å². The van der Waals surface area contributed by atoms with Crippen LogP contribution in [0.3, 0.4) is 0 Å². The van der Waals surface area contributed by atoms with Crippen LogP contribution in [0.1, 0.15) is 24.2 Å². The van der Waals surface area contributed by atoms with Crippen molar-refractivity contribution >= 4 is 17.5 Å². The predicted octanol–water partition coefficient (Wildman–Crippen LogP) is 1.58. The number of halogens is 1. The zero-order chi connectivity index (χ0) is 12.6. The van der Waals surface area contributed by atoms with Crippen molar-refractivity contribution in [1.29, 1.82) is 0 Å². The smallest absolute Gasteiger partial charge is 0.255 e. The van der Waals surface area contributed by atoms with Crippen molar-refractivity contribution in [2.24, 2.45) is 5.92 Å². The molecule has 2 heterocycles. The largest absolute Gasteiger partial charge is 0.386 e. The highest BCUT2D eigenvalue weighted by atomic mass is 35.5. The molecule has 1 fully saturated rings. The van der Waals surface area contributed by atoms with Crippen LogP contribution < -0.4 is 0 Å². The third-order valence-electron chi connectivity index (χ3n) is 3.29. The highest BCUT2D eigenvalue weighted by Gasteiger charge is 2.46. The van der Waals surface area contributed by atoms with Crippen molar-refractivity contribution in [2.45, 2.75) is 19.4 Å². The second-order valence-corrected chi connectivity index (χ2v) is 5.18. The summed E-state index contributed by atoms with van der Waals surface area (Å²) < 4.78 is 0. The number of aliphatic hydroxyl groups is 1. The standard InChI is InChI=1S/C12H15ClN2O2/c1-8(2)12(17)6-15(7-12)11(16)9-3-4-14-5-10(9)13/h3-5,8,17H,6-7H2,1-2H3. The summed E-state index contributed by atoms with van der Waals surface area (Å²) in [5.41, 5.74) is -0.317. The zero-order valence-electron chi connectivity index (χ0n) is 9.85. The molecule has 17 heavy (non-hydrogen) atoms. The number of amides is 1. The van der Waals surface area contributed by atoms with E-state index in [0.717, 1.165) is 0 Å². The van der Waals surface area contributed by atoms with Gasteiger partial charge in [0, 0.05) is 12.4 Å². The number of nitrogens with zero attached hydrogens (tertiary/aromatic N) is 2. The summed E-state index contributed by atoms with van der Waals surface area (Å²) in [5.74, 6) is -0.0119. The van der Waals surface area contributed by atoms with Crippen LogP contribution in [0.25, 0.3) is 0 Å². The molecule has 1 aromatic heterocycles. The van der Waals surface area contributed by atoms with E-state index in [4.69, 9.17) is 11.6 Å². The first-order valence-electron chi connectivity index (χ1n) is 5.55. The number of carbonyl (C=O) groups excluding carboxylic acids is 1. The van der Waals surface area contributed by atoms with Crippen LogP contribution in [-0.2, 0) is 0 Å². The Morgan fingerprint density at radius 2 is 2.24 bits per heavy atom. The zero-order valence-corrected chi connectivity index (χ0v) is 10.6. The molecular formula is C12H15ClN2O2. The maximum Gasteiger partial charge on any atom is 0.255 e. The van der Waals surface area contributed by atoms with Crippen LogP contribution in [-0.4, -0.2) is 39.6 Å². The number of hydrogen-bond acceptors (Lipinski definition) is 3. The maximum atomic E-state index is 12.1. The third-order valence-corrected chi connectivity index (χ3v) is 3.60. The number of hydrogen-bond donors (Lipinski definition) is 1. The Morgan fingerprint density at radius 1 is 1.59 bits per heavy atom. The minimum absolute atomic E-state index is 0.138. The number of β-amino-alcohol motifs (C(OH)–C–C–N with tert-alkyl or cyclic N) is 1. The molecule has 92 valence electrons. The fourth-order valence-corrected chi connectivity index (χ4v) is 2.04. The molecule has 0 aliphatic carbocycles. The van der Waals surface area contributed by atoms with E-state index in [9.17, 15) is 9.90 Å². The van der Waals surface area contributed by atoms with E-state index >= 15 is 0 Å². The first-order chi connectivity index (χ1) is 7.94. The van der Waals surface area contributed by atoms with Crippen molar-refractivity contribution in [3.63, 3.8) is 0 Å². The lowest BCUT2D eigenvalue weighted by Crippen LogP contribution is -2.65. The Labute approximate surface area is 105 Å². The molecular weight excluding hydrogens is 240 g/mol. The molecule has 1 amide bonds. The number of aromatic nitrogens is 1. The molecule has 0 aromatic carbocycles. The molecule has 0 saturated carbocycles. The van der Waals surface area contributed by atoms with Gasteiger partial charge in [-0.1, -0.05) is 25.4 Å².